The Morgan fingerprint density at radius 1 is 1.06 bits per heavy atom. The van der Waals surface area contributed by atoms with E-state index < -0.39 is 22.5 Å². The number of nitrogens with one attached hydrogen (secondary N) is 2. The van der Waals surface area contributed by atoms with Gasteiger partial charge in [0.1, 0.15) is 0 Å². The van der Waals surface area contributed by atoms with E-state index in [0.717, 1.165) is 12.3 Å². The van der Waals surface area contributed by atoms with Crippen molar-refractivity contribution in [2.24, 2.45) is 5.10 Å². The molecule has 3 rings (SSSR count). The first-order valence-electron chi connectivity index (χ1n) is 9.81. The molecule has 0 aliphatic heterocycles. The highest BCUT2D eigenvalue weighted by molar-refractivity contribution is 6.36. The molecule has 0 fully saturated rings. The van der Waals surface area contributed by atoms with E-state index >= 15 is 0 Å². The number of rotatable bonds is 7. The molecular formula is C23H16Cl2N4O6. The lowest BCUT2D eigenvalue weighted by Gasteiger charge is -2.09. The van der Waals surface area contributed by atoms with Crippen molar-refractivity contribution in [3.63, 3.8) is 0 Å². The standard InChI is InChI=1S/C23H16Cl2N4O6/c1-13(30)27-17-8-5-14(6-9-17)22(31)28-26-12-15-3-2-4-20(29(33)34)21(15)35-23(32)18-10-7-16(24)11-19(18)25/h2-12H,1H3,(H,27,30)(H,28,31)/b26-12+. The summed E-state index contributed by atoms with van der Waals surface area (Å²) >= 11 is 11.9. The van der Waals surface area contributed by atoms with Crippen molar-refractivity contribution in [2.45, 2.75) is 6.92 Å². The first-order chi connectivity index (χ1) is 16.7. The van der Waals surface area contributed by atoms with E-state index in [1.54, 1.807) is 12.1 Å². The Morgan fingerprint density at radius 2 is 1.77 bits per heavy atom. The number of benzene rings is 3. The second-order valence-electron chi connectivity index (χ2n) is 6.92. The van der Waals surface area contributed by atoms with Gasteiger partial charge < -0.3 is 10.1 Å². The number of carbonyl (C=O) groups is 3. The predicted molar refractivity (Wildman–Crippen MR) is 130 cm³/mol. The molecular weight excluding hydrogens is 499 g/mol. The molecule has 10 nitrogen and oxygen atoms in total. The molecule has 35 heavy (non-hydrogen) atoms. The molecule has 0 radical (unpaired) electrons. The summed E-state index contributed by atoms with van der Waals surface area (Å²) < 4.78 is 5.29. The number of hydrogen-bond donors (Lipinski definition) is 2. The molecule has 0 unspecified atom stereocenters. The largest absolute Gasteiger partial charge is 0.415 e. The molecule has 0 spiro atoms. The number of carbonyl (C=O) groups excluding carboxylic acids is 3. The number of nitro benzene ring substituents is 1. The molecule has 0 saturated carbocycles. The third-order valence-electron chi connectivity index (χ3n) is 4.40. The van der Waals surface area contributed by atoms with Crippen LogP contribution in [0.3, 0.4) is 0 Å². The van der Waals surface area contributed by atoms with Crippen LogP contribution < -0.4 is 15.5 Å². The lowest BCUT2D eigenvalue weighted by molar-refractivity contribution is -0.385. The molecule has 0 aromatic heterocycles. The monoisotopic (exact) mass is 514 g/mol. The number of esters is 1. The van der Waals surface area contributed by atoms with E-state index in [1.807, 2.05) is 0 Å². The van der Waals surface area contributed by atoms with Gasteiger partial charge in [0.15, 0.2) is 0 Å². The van der Waals surface area contributed by atoms with Gasteiger partial charge in [0.25, 0.3) is 5.91 Å². The van der Waals surface area contributed by atoms with E-state index in [9.17, 15) is 24.5 Å². The van der Waals surface area contributed by atoms with Crippen LogP contribution >= 0.6 is 23.2 Å². The van der Waals surface area contributed by atoms with Crippen LogP contribution in [0, 0.1) is 10.1 Å². The van der Waals surface area contributed by atoms with Gasteiger partial charge in [-0.05, 0) is 48.5 Å². The highest BCUT2D eigenvalue weighted by atomic mass is 35.5. The molecule has 0 aliphatic carbocycles. The smallest absolute Gasteiger partial charge is 0.345 e. The van der Waals surface area contributed by atoms with Gasteiger partial charge >= 0.3 is 11.7 Å². The van der Waals surface area contributed by atoms with Gasteiger partial charge in [-0.25, -0.2) is 10.2 Å². The van der Waals surface area contributed by atoms with Gasteiger partial charge in [-0.15, -0.1) is 0 Å². The zero-order chi connectivity index (χ0) is 25.5. The summed E-state index contributed by atoms with van der Waals surface area (Å²) in [6.45, 7) is 1.36. The number of hydrazone groups is 1. The summed E-state index contributed by atoms with van der Waals surface area (Å²) in [5, 5.41) is 18.2. The second-order valence-corrected chi connectivity index (χ2v) is 7.77. The molecule has 12 heteroatoms. The Bertz CT molecular complexity index is 1340. The van der Waals surface area contributed by atoms with Crippen LogP contribution in [0.25, 0.3) is 0 Å². The van der Waals surface area contributed by atoms with Gasteiger partial charge in [0.05, 0.1) is 21.7 Å². The number of hydrogen-bond acceptors (Lipinski definition) is 7. The second kappa shape index (κ2) is 11.2. The van der Waals surface area contributed by atoms with Crippen LogP contribution in [-0.2, 0) is 4.79 Å². The van der Waals surface area contributed by atoms with Crippen molar-refractivity contribution in [3.8, 4) is 5.75 Å². The molecule has 2 N–H and O–H groups in total. The molecule has 178 valence electrons. The van der Waals surface area contributed by atoms with Crippen LogP contribution in [0.1, 0.15) is 33.2 Å². The van der Waals surface area contributed by atoms with Crippen molar-refractivity contribution in [2.75, 3.05) is 5.32 Å². The molecule has 3 aromatic rings. The van der Waals surface area contributed by atoms with E-state index in [-0.39, 0.29) is 33.4 Å². The number of nitrogens with zero attached hydrogens (tertiary/aromatic N) is 2. The maximum absolute atomic E-state index is 12.6. The Morgan fingerprint density at radius 3 is 2.40 bits per heavy atom. The zero-order valence-corrected chi connectivity index (χ0v) is 19.5. The molecule has 0 saturated heterocycles. The van der Waals surface area contributed by atoms with Crippen molar-refractivity contribution >= 4 is 58.6 Å². The van der Waals surface area contributed by atoms with Crippen molar-refractivity contribution in [1.29, 1.82) is 0 Å². The topological polar surface area (TPSA) is 140 Å². The summed E-state index contributed by atoms with van der Waals surface area (Å²) in [6, 6.07) is 14.1. The molecule has 3 aromatic carbocycles. The first-order valence-corrected chi connectivity index (χ1v) is 10.6. The number of ether oxygens (including phenoxy) is 1. The fourth-order valence-corrected chi connectivity index (χ4v) is 3.32. The van der Waals surface area contributed by atoms with Crippen LogP contribution in [0.2, 0.25) is 10.0 Å². The maximum Gasteiger partial charge on any atom is 0.345 e. The average molecular weight is 515 g/mol. The fourth-order valence-electron chi connectivity index (χ4n) is 2.83. The maximum atomic E-state index is 12.6. The minimum absolute atomic E-state index is 0.00749. The number of nitro groups is 1. The van der Waals surface area contributed by atoms with Crippen molar-refractivity contribution in [3.05, 3.63) is 97.5 Å². The summed E-state index contributed by atoms with van der Waals surface area (Å²) in [6.07, 6.45) is 1.10. The molecule has 0 atom stereocenters. The number of amides is 2. The normalized spacial score (nSPS) is 10.6. The minimum atomic E-state index is -0.945. The summed E-state index contributed by atoms with van der Waals surface area (Å²) in [7, 11) is 0. The minimum Gasteiger partial charge on any atom is -0.415 e. The lowest BCUT2D eigenvalue weighted by atomic mass is 10.1. The van der Waals surface area contributed by atoms with E-state index in [0.29, 0.717) is 10.7 Å². The SMILES string of the molecule is CC(=O)Nc1ccc(C(=O)N/N=C/c2cccc([N+](=O)[O-])c2OC(=O)c2ccc(Cl)cc2Cl)cc1. The van der Waals surface area contributed by atoms with E-state index in [2.05, 4.69) is 15.8 Å². The van der Waals surface area contributed by atoms with Crippen LogP contribution in [0.15, 0.2) is 65.8 Å². The Labute approximate surface area is 208 Å². The third-order valence-corrected chi connectivity index (χ3v) is 4.95. The Balaban J connectivity index is 1.81. The number of para-hydroxylation sites is 1. The zero-order valence-electron chi connectivity index (χ0n) is 18.0. The van der Waals surface area contributed by atoms with Crippen LogP contribution in [-0.4, -0.2) is 28.9 Å². The molecule has 0 heterocycles. The van der Waals surface area contributed by atoms with Gasteiger partial charge in [-0.3, -0.25) is 19.7 Å². The summed E-state index contributed by atoms with van der Waals surface area (Å²) in [5.41, 5.74) is 2.56. The Kier molecular flexibility index (Phi) is 8.13. The molecule has 2 amide bonds. The van der Waals surface area contributed by atoms with Gasteiger partial charge in [-0.2, -0.15) is 5.10 Å². The highest BCUT2D eigenvalue weighted by Gasteiger charge is 2.23. The van der Waals surface area contributed by atoms with Gasteiger partial charge in [0.2, 0.25) is 11.7 Å². The van der Waals surface area contributed by atoms with Gasteiger partial charge in [0, 0.05) is 34.8 Å². The number of halogens is 2. The van der Waals surface area contributed by atoms with E-state index in [1.165, 1.54) is 49.4 Å². The average Bonchev–Trinajstić information content (AvgIpc) is 2.79. The molecule has 0 aliphatic rings. The fraction of sp³-hybridized carbons (Fsp3) is 0.0435. The highest BCUT2D eigenvalue weighted by Crippen LogP contribution is 2.32. The summed E-state index contributed by atoms with van der Waals surface area (Å²) in [5.74, 6) is -2.16. The van der Waals surface area contributed by atoms with Crippen LogP contribution in [0.5, 0.6) is 5.75 Å². The predicted octanol–water partition coefficient (Wildman–Crippen LogP) is 4.84. The van der Waals surface area contributed by atoms with Crippen molar-refractivity contribution in [1.82, 2.24) is 5.43 Å². The van der Waals surface area contributed by atoms with Crippen LogP contribution in [0.4, 0.5) is 11.4 Å². The van der Waals surface area contributed by atoms with E-state index in [4.69, 9.17) is 27.9 Å². The third kappa shape index (κ3) is 6.62. The number of anilines is 1. The lowest BCUT2D eigenvalue weighted by Crippen LogP contribution is -2.18. The first kappa shape index (κ1) is 25.3. The quantitative estimate of drug-likeness (QED) is 0.152. The molecule has 0 bridgehead atoms. The van der Waals surface area contributed by atoms with Crippen molar-refractivity contribution < 1.29 is 24.0 Å². The van der Waals surface area contributed by atoms with Gasteiger partial charge in [-0.1, -0.05) is 29.3 Å². The summed E-state index contributed by atoms with van der Waals surface area (Å²) in [4.78, 5) is 46.8. The Hall–Kier alpha value is -4.28.